The van der Waals surface area contributed by atoms with Crippen LogP contribution >= 0.6 is 24.8 Å². The largest absolute Gasteiger partial charge is 0.464 e. The molecule has 1 aliphatic heterocycles. The van der Waals surface area contributed by atoms with Gasteiger partial charge in [-0.25, -0.2) is 0 Å². The molecule has 0 bridgehead atoms. The summed E-state index contributed by atoms with van der Waals surface area (Å²) in [4.78, 5) is 2.56. The molecule has 0 saturated carbocycles. The molecule has 2 heterocycles. The van der Waals surface area contributed by atoms with Crippen LogP contribution in [0.25, 0.3) is 0 Å². The fourth-order valence-electron chi connectivity index (χ4n) is 2.65. The number of hydrogen-bond donors (Lipinski definition) is 1. The second kappa shape index (κ2) is 8.93. The van der Waals surface area contributed by atoms with Gasteiger partial charge in [-0.2, -0.15) is 0 Å². The Morgan fingerprint density at radius 2 is 1.80 bits per heavy atom. The molecule has 5 heteroatoms. The van der Waals surface area contributed by atoms with E-state index in [2.05, 4.69) is 44.0 Å². The first kappa shape index (κ1) is 19.8. The molecule has 20 heavy (non-hydrogen) atoms. The second-order valence-corrected chi connectivity index (χ2v) is 5.82. The zero-order valence-electron chi connectivity index (χ0n) is 12.9. The molecule has 1 N–H and O–H groups in total. The van der Waals surface area contributed by atoms with Crippen LogP contribution < -0.4 is 5.32 Å². The van der Waals surface area contributed by atoms with Gasteiger partial charge in [-0.1, -0.05) is 13.8 Å². The van der Waals surface area contributed by atoms with Crippen molar-refractivity contribution in [2.24, 2.45) is 5.92 Å². The number of piperazine rings is 1. The van der Waals surface area contributed by atoms with Gasteiger partial charge in [0, 0.05) is 26.2 Å². The molecule has 3 nitrogen and oxygen atoms in total. The smallest absolute Gasteiger partial charge is 0.121 e. The number of rotatable bonds is 4. The van der Waals surface area contributed by atoms with Crippen LogP contribution in [-0.4, -0.2) is 31.1 Å². The summed E-state index contributed by atoms with van der Waals surface area (Å²) in [6, 6.07) is 2.67. The number of nitrogens with one attached hydrogen (secondary N) is 1. The van der Waals surface area contributed by atoms with Crippen molar-refractivity contribution in [1.29, 1.82) is 0 Å². The Kier molecular flexibility index (Phi) is 8.83. The molecule has 0 amide bonds. The monoisotopic (exact) mass is 322 g/mol. The molecule has 0 spiro atoms. The molecule has 0 radical (unpaired) electrons. The molecule has 0 aliphatic carbocycles. The van der Waals surface area contributed by atoms with E-state index in [-0.39, 0.29) is 24.8 Å². The van der Waals surface area contributed by atoms with Gasteiger partial charge in [-0.15, -0.1) is 24.8 Å². The standard InChI is InChI=1S/C15H26N2O.2ClH/c1-11(2)9-14(17-7-5-16-6-8-17)15-10-12(3)13(4)18-15;;/h10-11,14,16H,5-9H2,1-4H3;2*1H/t14-;;/m1../s1. The highest BCUT2D eigenvalue weighted by Crippen LogP contribution is 2.30. The van der Waals surface area contributed by atoms with E-state index < -0.39 is 0 Å². The normalized spacial score (nSPS) is 17.4. The fourth-order valence-corrected chi connectivity index (χ4v) is 2.65. The Morgan fingerprint density at radius 3 is 2.25 bits per heavy atom. The van der Waals surface area contributed by atoms with Gasteiger partial charge in [-0.05, 0) is 37.8 Å². The lowest BCUT2D eigenvalue weighted by atomic mass is 9.99. The van der Waals surface area contributed by atoms with Crippen molar-refractivity contribution >= 4 is 24.8 Å². The highest BCUT2D eigenvalue weighted by Gasteiger charge is 2.25. The van der Waals surface area contributed by atoms with Gasteiger partial charge in [0.2, 0.25) is 0 Å². The minimum atomic E-state index is 0. The van der Waals surface area contributed by atoms with E-state index in [4.69, 9.17) is 4.42 Å². The van der Waals surface area contributed by atoms with Gasteiger partial charge in [0.25, 0.3) is 0 Å². The third-order valence-electron chi connectivity index (χ3n) is 3.80. The van der Waals surface area contributed by atoms with Gasteiger partial charge in [0.15, 0.2) is 0 Å². The Morgan fingerprint density at radius 1 is 1.20 bits per heavy atom. The maximum absolute atomic E-state index is 5.97. The number of halogens is 2. The topological polar surface area (TPSA) is 28.4 Å². The summed E-state index contributed by atoms with van der Waals surface area (Å²) in [5, 5.41) is 3.42. The van der Waals surface area contributed by atoms with E-state index in [0.29, 0.717) is 12.0 Å². The highest BCUT2D eigenvalue weighted by molar-refractivity contribution is 5.85. The Labute approximate surface area is 135 Å². The minimum absolute atomic E-state index is 0. The van der Waals surface area contributed by atoms with Gasteiger partial charge < -0.3 is 9.73 Å². The molecule has 118 valence electrons. The first-order valence-corrected chi connectivity index (χ1v) is 7.09. The van der Waals surface area contributed by atoms with Crippen molar-refractivity contribution < 1.29 is 4.42 Å². The average molecular weight is 323 g/mol. The van der Waals surface area contributed by atoms with Gasteiger partial charge in [0.05, 0.1) is 6.04 Å². The SMILES string of the molecule is Cc1cc([C@@H](CC(C)C)N2CCNCC2)oc1C.Cl.Cl. The van der Waals surface area contributed by atoms with Crippen LogP contribution in [0, 0.1) is 19.8 Å². The van der Waals surface area contributed by atoms with Crippen molar-refractivity contribution in [3.63, 3.8) is 0 Å². The van der Waals surface area contributed by atoms with E-state index in [0.717, 1.165) is 37.7 Å². The predicted molar refractivity (Wildman–Crippen MR) is 89.3 cm³/mol. The summed E-state index contributed by atoms with van der Waals surface area (Å²) in [6.07, 6.45) is 1.17. The molecule has 1 aliphatic rings. The Bertz CT molecular complexity index is 368. The molecule has 1 aromatic heterocycles. The first-order valence-electron chi connectivity index (χ1n) is 7.09. The van der Waals surface area contributed by atoms with Crippen LogP contribution in [0.15, 0.2) is 10.5 Å². The lowest BCUT2D eigenvalue weighted by Crippen LogP contribution is -2.45. The highest BCUT2D eigenvalue weighted by atomic mass is 35.5. The van der Waals surface area contributed by atoms with Crippen molar-refractivity contribution in [2.75, 3.05) is 26.2 Å². The van der Waals surface area contributed by atoms with Gasteiger partial charge in [-0.3, -0.25) is 4.90 Å². The summed E-state index contributed by atoms with van der Waals surface area (Å²) >= 11 is 0. The molecule has 2 rings (SSSR count). The van der Waals surface area contributed by atoms with E-state index >= 15 is 0 Å². The molecule has 1 saturated heterocycles. The lowest BCUT2D eigenvalue weighted by molar-refractivity contribution is 0.135. The van der Waals surface area contributed by atoms with Gasteiger partial charge in [0.1, 0.15) is 11.5 Å². The summed E-state index contributed by atoms with van der Waals surface area (Å²) < 4.78 is 5.97. The summed E-state index contributed by atoms with van der Waals surface area (Å²) in [7, 11) is 0. The predicted octanol–water partition coefficient (Wildman–Crippen LogP) is 3.73. The van der Waals surface area contributed by atoms with E-state index in [1.54, 1.807) is 0 Å². The van der Waals surface area contributed by atoms with Crippen LogP contribution in [0.4, 0.5) is 0 Å². The molecule has 1 aromatic rings. The van der Waals surface area contributed by atoms with Crippen LogP contribution in [0.2, 0.25) is 0 Å². The van der Waals surface area contributed by atoms with Crippen molar-refractivity contribution in [3.8, 4) is 0 Å². The minimum Gasteiger partial charge on any atom is -0.464 e. The zero-order chi connectivity index (χ0) is 13.1. The third-order valence-corrected chi connectivity index (χ3v) is 3.80. The number of nitrogens with zero attached hydrogens (tertiary/aromatic N) is 1. The first-order chi connectivity index (χ1) is 8.58. The summed E-state index contributed by atoms with van der Waals surface area (Å²) in [5.74, 6) is 2.91. The van der Waals surface area contributed by atoms with Crippen LogP contribution in [0.1, 0.15) is 43.4 Å². The second-order valence-electron chi connectivity index (χ2n) is 5.82. The molecular formula is C15H28Cl2N2O. The van der Waals surface area contributed by atoms with Crippen LogP contribution in [-0.2, 0) is 0 Å². The van der Waals surface area contributed by atoms with Crippen molar-refractivity contribution in [1.82, 2.24) is 10.2 Å². The summed E-state index contributed by atoms with van der Waals surface area (Å²) in [6.45, 7) is 13.2. The van der Waals surface area contributed by atoms with Crippen LogP contribution in [0.3, 0.4) is 0 Å². The quantitative estimate of drug-likeness (QED) is 0.915. The fraction of sp³-hybridized carbons (Fsp3) is 0.733. The zero-order valence-corrected chi connectivity index (χ0v) is 14.6. The number of hydrogen-bond acceptors (Lipinski definition) is 3. The number of furan rings is 1. The summed E-state index contributed by atoms with van der Waals surface area (Å²) in [5.41, 5.74) is 1.27. The molecule has 0 aromatic carbocycles. The van der Waals surface area contributed by atoms with Crippen molar-refractivity contribution in [2.45, 2.75) is 40.2 Å². The van der Waals surface area contributed by atoms with Crippen molar-refractivity contribution in [3.05, 3.63) is 23.2 Å². The third kappa shape index (κ3) is 4.96. The van der Waals surface area contributed by atoms with E-state index in [1.165, 1.54) is 12.0 Å². The molecule has 0 unspecified atom stereocenters. The maximum Gasteiger partial charge on any atom is 0.121 e. The number of aryl methyl sites for hydroxylation is 2. The van der Waals surface area contributed by atoms with E-state index in [1.807, 2.05) is 0 Å². The van der Waals surface area contributed by atoms with E-state index in [9.17, 15) is 0 Å². The van der Waals surface area contributed by atoms with Gasteiger partial charge >= 0.3 is 0 Å². The maximum atomic E-state index is 5.97. The van der Waals surface area contributed by atoms with Crippen LogP contribution in [0.5, 0.6) is 0 Å². The average Bonchev–Trinajstić information content (AvgIpc) is 2.67. The Balaban J connectivity index is 0.00000180. The Hall–Kier alpha value is -0.220. The molecule has 1 fully saturated rings. The molecule has 1 atom stereocenters. The lowest BCUT2D eigenvalue weighted by Gasteiger charge is -2.34. The molecular weight excluding hydrogens is 295 g/mol.